The van der Waals surface area contributed by atoms with Gasteiger partial charge in [0.25, 0.3) is 5.91 Å². The van der Waals surface area contributed by atoms with E-state index < -0.39 is 10.8 Å². The van der Waals surface area contributed by atoms with E-state index in [2.05, 4.69) is 10.3 Å². The first-order chi connectivity index (χ1) is 8.69. The van der Waals surface area contributed by atoms with Crippen LogP contribution in [0.15, 0.2) is 18.3 Å². The predicted octanol–water partition coefficient (Wildman–Crippen LogP) is 0.181. The van der Waals surface area contributed by atoms with Crippen LogP contribution in [0.25, 0.3) is 0 Å². The van der Waals surface area contributed by atoms with Crippen LogP contribution in [0.3, 0.4) is 0 Å². The maximum absolute atomic E-state index is 12.0. The molecule has 1 aliphatic rings. The van der Waals surface area contributed by atoms with E-state index in [0.717, 1.165) is 12.8 Å². The SMILES string of the molecule is NCc1cc(C(=O)NC2CCS(=O)CC2)ccn1. The van der Waals surface area contributed by atoms with Gasteiger partial charge in [0.2, 0.25) is 0 Å². The van der Waals surface area contributed by atoms with Crippen molar-refractivity contribution in [1.82, 2.24) is 10.3 Å². The molecule has 2 heterocycles. The van der Waals surface area contributed by atoms with Crippen LogP contribution in [0.1, 0.15) is 28.9 Å². The summed E-state index contributed by atoms with van der Waals surface area (Å²) < 4.78 is 11.2. The molecule has 1 aliphatic heterocycles. The van der Waals surface area contributed by atoms with E-state index in [1.54, 1.807) is 18.3 Å². The monoisotopic (exact) mass is 267 g/mol. The quantitative estimate of drug-likeness (QED) is 0.818. The number of aromatic nitrogens is 1. The minimum Gasteiger partial charge on any atom is -0.349 e. The summed E-state index contributed by atoms with van der Waals surface area (Å²) in [5.41, 5.74) is 6.77. The lowest BCUT2D eigenvalue weighted by molar-refractivity contribution is 0.0934. The maximum atomic E-state index is 12.0. The van der Waals surface area contributed by atoms with Gasteiger partial charge in [0.05, 0.1) is 5.69 Å². The molecule has 6 heteroatoms. The summed E-state index contributed by atoms with van der Waals surface area (Å²) >= 11 is 0. The fraction of sp³-hybridized carbons (Fsp3) is 0.500. The molecule has 1 amide bonds. The molecule has 5 nitrogen and oxygen atoms in total. The van der Waals surface area contributed by atoms with Crippen molar-refractivity contribution in [3.8, 4) is 0 Å². The van der Waals surface area contributed by atoms with Gasteiger partial charge in [-0.05, 0) is 25.0 Å². The summed E-state index contributed by atoms with van der Waals surface area (Å²) in [6, 6.07) is 3.51. The van der Waals surface area contributed by atoms with Crippen LogP contribution in [-0.2, 0) is 17.3 Å². The van der Waals surface area contributed by atoms with Gasteiger partial charge < -0.3 is 11.1 Å². The number of carbonyl (C=O) groups excluding carboxylic acids is 1. The predicted molar refractivity (Wildman–Crippen MR) is 70.5 cm³/mol. The Morgan fingerprint density at radius 3 is 2.89 bits per heavy atom. The first-order valence-electron chi connectivity index (χ1n) is 6.00. The highest BCUT2D eigenvalue weighted by Gasteiger charge is 2.20. The molecule has 1 fully saturated rings. The fourth-order valence-electron chi connectivity index (χ4n) is 1.94. The molecule has 0 radical (unpaired) electrons. The largest absolute Gasteiger partial charge is 0.349 e. The Bertz CT molecular complexity index is 454. The molecule has 1 saturated heterocycles. The van der Waals surface area contributed by atoms with Gasteiger partial charge >= 0.3 is 0 Å². The third kappa shape index (κ3) is 3.36. The zero-order valence-electron chi connectivity index (χ0n) is 10.1. The van der Waals surface area contributed by atoms with Crippen LogP contribution in [0, 0.1) is 0 Å². The van der Waals surface area contributed by atoms with E-state index in [1.807, 2.05) is 0 Å². The third-order valence-electron chi connectivity index (χ3n) is 3.01. The summed E-state index contributed by atoms with van der Waals surface area (Å²) in [6.45, 7) is 0.323. The maximum Gasteiger partial charge on any atom is 0.251 e. The van der Waals surface area contributed by atoms with Crippen molar-refractivity contribution in [1.29, 1.82) is 0 Å². The standard InChI is InChI=1S/C12H17N3O2S/c13-8-11-7-9(1-4-14-11)12(16)15-10-2-5-18(17)6-3-10/h1,4,7,10H,2-3,5-6,8,13H2,(H,15,16). The molecule has 0 aliphatic carbocycles. The average Bonchev–Trinajstić information content (AvgIpc) is 2.41. The van der Waals surface area contributed by atoms with Gasteiger partial charge in [-0.1, -0.05) is 0 Å². The average molecular weight is 267 g/mol. The van der Waals surface area contributed by atoms with Crippen LogP contribution in [-0.4, -0.2) is 32.6 Å². The van der Waals surface area contributed by atoms with Crippen molar-refractivity contribution in [2.75, 3.05) is 11.5 Å². The second kappa shape index (κ2) is 6.06. The van der Waals surface area contributed by atoms with E-state index >= 15 is 0 Å². The second-order valence-electron chi connectivity index (χ2n) is 4.34. The topological polar surface area (TPSA) is 85.1 Å². The van der Waals surface area contributed by atoms with Crippen LogP contribution < -0.4 is 11.1 Å². The van der Waals surface area contributed by atoms with Gasteiger partial charge in [0.1, 0.15) is 0 Å². The fourth-order valence-corrected chi connectivity index (χ4v) is 3.24. The van der Waals surface area contributed by atoms with Crippen molar-refractivity contribution in [2.24, 2.45) is 5.73 Å². The van der Waals surface area contributed by atoms with E-state index in [0.29, 0.717) is 29.3 Å². The van der Waals surface area contributed by atoms with Crippen molar-refractivity contribution in [2.45, 2.75) is 25.4 Å². The van der Waals surface area contributed by atoms with Crippen LogP contribution in [0.2, 0.25) is 0 Å². The van der Waals surface area contributed by atoms with Crippen LogP contribution in [0.4, 0.5) is 0 Å². The van der Waals surface area contributed by atoms with Crippen LogP contribution >= 0.6 is 0 Å². The molecule has 1 aromatic heterocycles. The van der Waals surface area contributed by atoms with Gasteiger partial charge in [-0.3, -0.25) is 14.0 Å². The second-order valence-corrected chi connectivity index (χ2v) is 6.03. The molecule has 1 aromatic rings. The highest BCUT2D eigenvalue weighted by molar-refractivity contribution is 7.85. The molecule has 0 bridgehead atoms. The number of carbonyl (C=O) groups is 1. The number of rotatable bonds is 3. The number of pyridine rings is 1. The van der Waals surface area contributed by atoms with Gasteiger partial charge in [0.15, 0.2) is 0 Å². The Balaban J connectivity index is 1.96. The zero-order chi connectivity index (χ0) is 13.0. The summed E-state index contributed by atoms with van der Waals surface area (Å²) in [4.78, 5) is 16.1. The van der Waals surface area contributed by atoms with E-state index in [1.165, 1.54) is 0 Å². The lowest BCUT2D eigenvalue weighted by Gasteiger charge is -2.22. The number of hydrogen-bond donors (Lipinski definition) is 2. The number of nitrogens with zero attached hydrogens (tertiary/aromatic N) is 1. The Kier molecular flexibility index (Phi) is 4.43. The van der Waals surface area contributed by atoms with Crippen molar-refractivity contribution >= 4 is 16.7 Å². The van der Waals surface area contributed by atoms with E-state index in [4.69, 9.17) is 5.73 Å². The molecule has 18 heavy (non-hydrogen) atoms. The number of amides is 1. The number of hydrogen-bond acceptors (Lipinski definition) is 4. The first-order valence-corrected chi connectivity index (χ1v) is 7.48. The highest BCUT2D eigenvalue weighted by Crippen LogP contribution is 2.10. The van der Waals surface area contributed by atoms with Gasteiger partial charge in [0, 0.05) is 46.7 Å². The summed E-state index contributed by atoms with van der Waals surface area (Å²) in [6.07, 6.45) is 3.16. The summed E-state index contributed by atoms with van der Waals surface area (Å²) in [7, 11) is -0.703. The molecule has 0 aromatic carbocycles. The zero-order valence-corrected chi connectivity index (χ0v) is 10.9. The smallest absolute Gasteiger partial charge is 0.251 e. The van der Waals surface area contributed by atoms with E-state index in [-0.39, 0.29) is 11.9 Å². The Labute approximate surface area is 109 Å². The lowest BCUT2D eigenvalue weighted by Crippen LogP contribution is -2.39. The normalized spacial score (nSPS) is 23.6. The number of nitrogens with two attached hydrogens (primary N) is 1. The lowest BCUT2D eigenvalue weighted by atomic mass is 10.1. The van der Waals surface area contributed by atoms with Crippen LogP contribution in [0.5, 0.6) is 0 Å². The minimum atomic E-state index is -0.703. The molecular weight excluding hydrogens is 250 g/mol. The van der Waals surface area contributed by atoms with Crippen molar-refractivity contribution < 1.29 is 9.00 Å². The first kappa shape index (κ1) is 13.2. The minimum absolute atomic E-state index is 0.107. The van der Waals surface area contributed by atoms with Crippen molar-refractivity contribution in [3.63, 3.8) is 0 Å². The highest BCUT2D eigenvalue weighted by atomic mass is 32.2. The third-order valence-corrected chi connectivity index (χ3v) is 4.39. The molecular formula is C12H17N3O2S. The molecule has 98 valence electrons. The van der Waals surface area contributed by atoms with Gasteiger partial charge in [-0.25, -0.2) is 0 Å². The van der Waals surface area contributed by atoms with Gasteiger partial charge in [-0.2, -0.15) is 0 Å². The molecule has 0 unspecified atom stereocenters. The van der Waals surface area contributed by atoms with Gasteiger partial charge in [-0.15, -0.1) is 0 Å². The molecule has 0 spiro atoms. The summed E-state index contributed by atoms with van der Waals surface area (Å²) in [5, 5.41) is 2.97. The molecule has 3 N–H and O–H groups in total. The Hall–Kier alpha value is -1.27. The number of nitrogens with one attached hydrogen (secondary N) is 1. The van der Waals surface area contributed by atoms with Crippen molar-refractivity contribution in [3.05, 3.63) is 29.6 Å². The Morgan fingerprint density at radius 2 is 2.22 bits per heavy atom. The molecule has 0 saturated carbocycles. The van der Waals surface area contributed by atoms with E-state index in [9.17, 15) is 9.00 Å². The molecule has 0 atom stereocenters. The Morgan fingerprint density at radius 1 is 1.50 bits per heavy atom. The molecule has 2 rings (SSSR count). The summed E-state index contributed by atoms with van der Waals surface area (Å²) in [5.74, 6) is 1.25.